The molecule has 0 fully saturated rings. The predicted molar refractivity (Wildman–Crippen MR) is 74.0 cm³/mol. The minimum Gasteiger partial charge on any atom is -0.481 e. The van der Waals surface area contributed by atoms with Gasteiger partial charge in [-0.05, 0) is 17.7 Å². The normalized spacial score (nSPS) is 14.7. The second kappa shape index (κ2) is 5.80. The summed E-state index contributed by atoms with van der Waals surface area (Å²) in [5.74, 6) is -1.89. The fraction of sp³-hybridized carbons (Fsp3) is 0.308. The van der Waals surface area contributed by atoms with Crippen LogP contribution in [0.15, 0.2) is 18.2 Å². The van der Waals surface area contributed by atoms with Gasteiger partial charge in [0.15, 0.2) is 0 Å². The van der Waals surface area contributed by atoms with Gasteiger partial charge in [-0.1, -0.05) is 6.07 Å². The molecule has 0 unspecified atom stereocenters. The number of rotatable bonds is 5. The fourth-order valence-electron chi connectivity index (χ4n) is 2.17. The van der Waals surface area contributed by atoms with E-state index < -0.39 is 18.0 Å². The number of nitrogen functional groups attached to an aromatic ring is 1. The molecule has 0 bridgehead atoms. The first-order chi connectivity index (χ1) is 9.86. The van der Waals surface area contributed by atoms with Gasteiger partial charge in [-0.3, -0.25) is 14.4 Å². The van der Waals surface area contributed by atoms with Crippen LogP contribution in [-0.4, -0.2) is 40.5 Å². The quantitative estimate of drug-likeness (QED) is 0.410. The van der Waals surface area contributed by atoms with Crippen molar-refractivity contribution in [1.29, 1.82) is 0 Å². The molecule has 0 radical (unpaired) electrons. The van der Waals surface area contributed by atoms with Crippen LogP contribution in [0, 0.1) is 0 Å². The van der Waals surface area contributed by atoms with Crippen LogP contribution < -0.4 is 16.8 Å². The number of carboxylic acid groups (broad SMARTS) is 1. The zero-order valence-electron chi connectivity index (χ0n) is 11.2. The van der Waals surface area contributed by atoms with E-state index in [0.717, 1.165) is 5.56 Å². The lowest BCUT2D eigenvalue weighted by Gasteiger charge is -2.17. The third-order valence-corrected chi connectivity index (χ3v) is 3.09. The van der Waals surface area contributed by atoms with Crippen LogP contribution in [0.5, 0.6) is 0 Å². The molecule has 1 aliphatic heterocycles. The Morgan fingerprint density at radius 1 is 1.43 bits per heavy atom. The number of carboxylic acids is 1. The number of fused-ring (bicyclic) bond motifs is 1. The molecule has 6 N–H and O–H groups in total. The monoisotopic (exact) mass is 292 g/mol. The van der Waals surface area contributed by atoms with Gasteiger partial charge in [0, 0.05) is 17.8 Å². The maximum Gasteiger partial charge on any atom is 0.306 e. The molecule has 0 aliphatic carbocycles. The number of hydrogen-bond acceptors (Lipinski definition) is 5. The van der Waals surface area contributed by atoms with Crippen molar-refractivity contribution in [2.75, 3.05) is 12.3 Å². The summed E-state index contributed by atoms with van der Waals surface area (Å²) in [7, 11) is 0. The summed E-state index contributed by atoms with van der Waals surface area (Å²) in [6.07, 6.45) is -1.36. The minimum atomic E-state index is -1.11. The molecule has 21 heavy (non-hydrogen) atoms. The molecule has 0 saturated heterocycles. The highest BCUT2D eigenvalue weighted by Crippen LogP contribution is 2.24. The number of aliphatic carboxylic acids is 1. The highest BCUT2D eigenvalue weighted by Gasteiger charge is 2.29. The third-order valence-electron chi connectivity index (χ3n) is 3.09. The Morgan fingerprint density at radius 2 is 2.14 bits per heavy atom. The third kappa shape index (κ3) is 3.48. The molecule has 0 spiro atoms. The number of benzene rings is 1. The van der Waals surface area contributed by atoms with E-state index in [1.807, 2.05) is 0 Å². The standard InChI is InChI=1S/C13H16N4O4/c14-8-2-1-7-5-17(13(21)9(7)3-8)6-11(18)16-10(15)4-12(19)20/h1-3,10H,4-6,14-15H2,(H,16,18)(H,19,20)/t10-/m0/s1. The average molecular weight is 292 g/mol. The molecule has 2 rings (SSSR count). The molecule has 1 atom stereocenters. The maximum absolute atomic E-state index is 12.1. The van der Waals surface area contributed by atoms with E-state index in [-0.39, 0.29) is 18.9 Å². The van der Waals surface area contributed by atoms with E-state index >= 15 is 0 Å². The summed E-state index contributed by atoms with van der Waals surface area (Å²) in [6.45, 7) is 0.136. The number of carbonyl (C=O) groups is 3. The first kappa shape index (κ1) is 14.8. The number of amides is 2. The molecule has 0 saturated carbocycles. The smallest absolute Gasteiger partial charge is 0.306 e. The highest BCUT2D eigenvalue weighted by atomic mass is 16.4. The van der Waals surface area contributed by atoms with Crippen LogP contribution in [0.4, 0.5) is 5.69 Å². The Labute approximate surface area is 120 Å². The van der Waals surface area contributed by atoms with Crippen molar-refractivity contribution in [3.05, 3.63) is 29.3 Å². The van der Waals surface area contributed by atoms with Crippen LogP contribution in [0.25, 0.3) is 0 Å². The molecule has 2 amide bonds. The van der Waals surface area contributed by atoms with Crippen LogP contribution in [0.1, 0.15) is 22.3 Å². The zero-order valence-corrected chi connectivity index (χ0v) is 11.2. The van der Waals surface area contributed by atoms with Crippen molar-refractivity contribution in [2.45, 2.75) is 19.1 Å². The minimum absolute atomic E-state index is 0.180. The van der Waals surface area contributed by atoms with E-state index in [4.69, 9.17) is 16.6 Å². The first-order valence-electron chi connectivity index (χ1n) is 6.31. The molecule has 1 aromatic rings. The lowest BCUT2D eigenvalue weighted by molar-refractivity contribution is -0.137. The van der Waals surface area contributed by atoms with Crippen molar-refractivity contribution in [2.24, 2.45) is 5.73 Å². The highest BCUT2D eigenvalue weighted by molar-refractivity contribution is 6.01. The molecule has 8 heteroatoms. The number of carbonyl (C=O) groups excluding carboxylic acids is 2. The summed E-state index contributed by atoms with van der Waals surface area (Å²) in [5.41, 5.74) is 12.9. The largest absolute Gasteiger partial charge is 0.481 e. The van der Waals surface area contributed by atoms with Gasteiger partial charge in [-0.25, -0.2) is 0 Å². The lowest BCUT2D eigenvalue weighted by Crippen LogP contribution is -2.47. The number of hydrogen-bond donors (Lipinski definition) is 4. The maximum atomic E-state index is 12.1. The predicted octanol–water partition coefficient (Wildman–Crippen LogP) is -0.900. The first-order valence-corrected chi connectivity index (χ1v) is 6.31. The Bertz CT molecular complexity index is 602. The molecule has 112 valence electrons. The number of nitrogens with one attached hydrogen (secondary N) is 1. The Morgan fingerprint density at radius 3 is 2.81 bits per heavy atom. The van der Waals surface area contributed by atoms with Gasteiger partial charge in [-0.15, -0.1) is 0 Å². The summed E-state index contributed by atoms with van der Waals surface area (Å²) >= 11 is 0. The molecular weight excluding hydrogens is 276 g/mol. The van der Waals surface area contributed by atoms with Gasteiger partial charge in [-0.2, -0.15) is 0 Å². The summed E-state index contributed by atoms with van der Waals surface area (Å²) < 4.78 is 0. The van der Waals surface area contributed by atoms with Gasteiger partial charge < -0.3 is 26.8 Å². The summed E-state index contributed by atoms with van der Waals surface area (Å²) in [4.78, 5) is 35.7. The molecular formula is C13H16N4O4. The van der Waals surface area contributed by atoms with E-state index in [9.17, 15) is 14.4 Å². The molecule has 1 aliphatic rings. The molecule has 1 heterocycles. The Kier molecular flexibility index (Phi) is 4.08. The lowest BCUT2D eigenvalue weighted by atomic mass is 10.1. The van der Waals surface area contributed by atoms with Crippen LogP contribution in [-0.2, 0) is 16.1 Å². The topological polar surface area (TPSA) is 139 Å². The SMILES string of the molecule is Nc1ccc2c(c1)C(=O)N(CC(=O)N[C@H](N)CC(=O)O)C2. The van der Waals surface area contributed by atoms with Gasteiger partial charge in [0.1, 0.15) is 6.54 Å². The fourth-order valence-corrected chi connectivity index (χ4v) is 2.17. The Hall–Kier alpha value is -2.61. The summed E-state index contributed by atoms with van der Waals surface area (Å²) in [6, 6.07) is 5.01. The Balaban J connectivity index is 1.95. The van der Waals surface area contributed by atoms with Crippen molar-refractivity contribution >= 4 is 23.5 Å². The van der Waals surface area contributed by atoms with Gasteiger partial charge in [0.05, 0.1) is 12.6 Å². The summed E-state index contributed by atoms with van der Waals surface area (Å²) in [5, 5.41) is 10.9. The van der Waals surface area contributed by atoms with Crippen molar-refractivity contribution in [3.63, 3.8) is 0 Å². The number of anilines is 1. The number of nitrogens with zero attached hydrogens (tertiary/aromatic N) is 1. The molecule has 8 nitrogen and oxygen atoms in total. The van der Waals surface area contributed by atoms with Gasteiger partial charge in [0.2, 0.25) is 5.91 Å². The van der Waals surface area contributed by atoms with Crippen molar-refractivity contribution in [3.8, 4) is 0 Å². The van der Waals surface area contributed by atoms with Crippen LogP contribution >= 0.6 is 0 Å². The van der Waals surface area contributed by atoms with Gasteiger partial charge >= 0.3 is 5.97 Å². The second-order valence-electron chi connectivity index (χ2n) is 4.85. The number of nitrogens with two attached hydrogens (primary N) is 2. The van der Waals surface area contributed by atoms with E-state index in [1.54, 1.807) is 18.2 Å². The van der Waals surface area contributed by atoms with Crippen LogP contribution in [0.2, 0.25) is 0 Å². The molecule has 1 aromatic carbocycles. The van der Waals surface area contributed by atoms with E-state index in [1.165, 1.54) is 4.90 Å². The second-order valence-corrected chi connectivity index (χ2v) is 4.85. The van der Waals surface area contributed by atoms with Crippen LogP contribution in [0.3, 0.4) is 0 Å². The van der Waals surface area contributed by atoms with E-state index in [2.05, 4.69) is 5.32 Å². The van der Waals surface area contributed by atoms with Crippen molar-refractivity contribution < 1.29 is 19.5 Å². The van der Waals surface area contributed by atoms with Crippen molar-refractivity contribution in [1.82, 2.24) is 10.2 Å². The van der Waals surface area contributed by atoms with E-state index in [0.29, 0.717) is 17.8 Å². The zero-order chi connectivity index (χ0) is 15.6. The average Bonchev–Trinajstić information content (AvgIpc) is 2.65. The van der Waals surface area contributed by atoms with Gasteiger partial charge in [0.25, 0.3) is 5.91 Å². The molecule has 0 aromatic heterocycles.